The zero-order valence-corrected chi connectivity index (χ0v) is 50.8. The topological polar surface area (TPSA) is 78.9 Å². The van der Waals surface area contributed by atoms with E-state index in [-0.39, 0.29) is 31.1 Å². The number of carbonyl (C=O) groups excluding carboxylic acids is 3. The lowest BCUT2D eigenvalue weighted by Gasteiger charge is -2.18. The first-order valence-electron chi connectivity index (χ1n) is 33.3. The fourth-order valence-electron chi connectivity index (χ4n) is 9.79. The highest BCUT2D eigenvalue weighted by Gasteiger charge is 2.19. The Hall–Kier alpha value is -2.89. The van der Waals surface area contributed by atoms with E-state index in [9.17, 15) is 14.4 Å². The van der Waals surface area contributed by atoms with Crippen LogP contribution in [-0.4, -0.2) is 37.2 Å². The van der Waals surface area contributed by atoms with Crippen molar-refractivity contribution in [1.29, 1.82) is 0 Å². The molecule has 1 unspecified atom stereocenters. The SMILES string of the molecule is CC/C=C\C/C=C\C/C=C\C/C=C\CCCCCCCCCCC(=O)OC(COC(=O)CCCCCCC/C=C\CCCCC)COC(=O)CCCCCCCCCCCCCCCCCCCCCCCCCCC. The molecule has 0 saturated heterocycles. The second-order valence-electron chi connectivity index (χ2n) is 22.4. The quantitative estimate of drug-likeness (QED) is 0.0261. The van der Waals surface area contributed by atoms with Crippen molar-refractivity contribution in [3.63, 3.8) is 0 Å². The molecule has 0 aromatic heterocycles. The Morgan fingerprint density at radius 2 is 0.513 bits per heavy atom. The van der Waals surface area contributed by atoms with Crippen LogP contribution in [0.1, 0.15) is 348 Å². The van der Waals surface area contributed by atoms with E-state index in [1.54, 1.807) is 0 Å². The number of allylic oxidation sites excluding steroid dienone is 10. The standard InChI is InChI=1S/C70H126O6/c1-4-7-10-13-16-19-22-25-27-29-31-33-34-35-36-38-39-41-43-45-48-51-54-57-60-63-69(72)75-66-67(65-74-68(71)62-59-56-53-50-47-24-21-18-15-12-9-6-3)76-70(73)64-61-58-55-52-49-46-44-42-40-37-32-30-28-26-23-20-17-14-11-8-5-2/h8,11,17-18,20-21,26,28,32,37,67H,4-7,9-10,12-16,19,22-25,27,29-31,33-36,38-66H2,1-3H3/b11-8-,20-17-,21-18-,28-26-,37-32-. The van der Waals surface area contributed by atoms with Crippen LogP contribution >= 0.6 is 0 Å². The van der Waals surface area contributed by atoms with Crippen molar-refractivity contribution in [1.82, 2.24) is 0 Å². The predicted molar refractivity (Wildman–Crippen MR) is 330 cm³/mol. The molecular formula is C70H126O6. The molecule has 0 rings (SSSR count). The maximum atomic E-state index is 12.9. The zero-order valence-electron chi connectivity index (χ0n) is 50.8. The van der Waals surface area contributed by atoms with E-state index in [1.807, 2.05) is 0 Å². The molecule has 0 radical (unpaired) electrons. The first-order valence-corrected chi connectivity index (χ1v) is 33.3. The molecule has 6 heteroatoms. The van der Waals surface area contributed by atoms with E-state index in [0.29, 0.717) is 19.3 Å². The van der Waals surface area contributed by atoms with Gasteiger partial charge in [0.1, 0.15) is 13.2 Å². The molecule has 0 aliphatic heterocycles. The van der Waals surface area contributed by atoms with Crippen molar-refractivity contribution < 1.29 is 28.6 Å². The monoisotopic (exact) mass is 1060 g/mol. The van der Waals surface area contributed by atoms with Gasteiger partial charge in [0.15, 0.2) is 6.10 Å². The van der Waals surface area contributed by atoms with E-state index >= 15 is 0 Å². The molecule has 0 fully saturated rings. The fraction of sp³-hybridized carbons (Fsp3) is 0.814. The Morgan fingerprint density at radius 3 is 0.842 bits per heavy atom. The minimum atomic E-state index is -0.781. The molecular weight excluding hydrogens is 937 g/mol. The lowest BCUT2D eigenvalue weighted by atomic mass is 10.0. The van der Waals surface area contributed by atoms with Gasteiger partial charge in [0.2, 0.25) is 0 Å². The Labute approximate surface area is 472 Å². The molecule has 76 heavy (non-hydrogen) atoms. The molecule has 0 aliphatic rings. The Balaban J connectivity index is 4.25. The summed E-state index contributed by atoms with van der Waals surface area (Å²) < 4.78 is 16.9. The molecule has 0 amide bonds. The number of carbonyl (C=O) groups is 3. The molecule has 0 saturated carbocycles. The highest BCUT2D eigenvalue weighted by molar-refractivity contribution is 5.71. The highest BCUT2D eigenvalue weighted by Crippen LogP contribution is 2.18. The molecule has 0 spiro atoms. The third-order valence-corrected chi connectivity index (χ3v) is 14.8. The number of ether oxygens (including phenoxy) is 3. The Kier molecular flexibility index (Phi) is 62.2. The smallest absolute Gasteiger partial charge is 0.306 e. The molecule has 6 nitrogen and oxygen atoms in total. The van der Waals surface area contributed by atoms with Crippen molar-refractivity contribution in [2.45, 2.75) is 354 Å². The maximum absolute atomic E-state index is 12.9. The molecule has 0 aliphatic carbocycles. The summed E-state index contributed by atoms with van der Waals surface area (Å²) in [4.78, 5) is 38.3. The number of hydrogen-bond donors (Lipinski definition) is 0. The average molecular weight is 1060 g/mol. The van der Waals surface area contributed by atoms with Gasteiger partial charge < -0.3 is 14.2 Å². The number of unbranched alkanes of at least 4 members (excludes halogenated alkanes) is 40. The second-order valence-corrected chi connectivity index (χ2v) is 22.4. The summed E-state index contributed by atoms with van der Waals surface area (Å²) in [6.07, 6.45) is 82.4. The van der Waals surface area contributed by atoms with Crippen LogP contribution in [0.4, 0.5) is 0 Å². The molecule has 0 N–H and O–H groups in total. The van der Waals surface area contributed by atoms with Crippen LogP contribution in [0.25, 0.3) is 0 Å². The minimum absolute atomic E-state index is 0.0768. The molecule has 0 heterocycles. The van der Waals surface area contributed by atoms with Crippen LogP contribution in [0.5, 0.6) is 0 Å². The summed E-state index contributed by atoms with van der Waals surface area (Å²) in [5.41, 5.74) is 0. The van der Waals surface area contributed by atoms with Crippen LogP contribution in [0.15, 0.2) is 60.8 Å². The molecule has 442 valence electrons. The number of rotatable bonds is 61. The largest absolute Gasteiger partial charge is 0.462 e. The molecule has 0 aromatic carbocycles. The Bertz CT molecular complexity index is 1360. The van der Waals surface area contributed by atoms with E-state index in [1.165, 1.54) is 212 Å². The summed E-state index contributed by atoms with van der Waals surface area (Å²) in [5, 5.41) is 0. The lowest BCUT2D eigenvalue weighted by molar-refractivity contribution is -0.167. The van der Waals surface area contributed by atoms with Crippen molar-refractivity contribution in [3.05, 3.63) is 60.8 Å². The Morgan fingerprint density at radius 1 is 0.276 bits per heavy atom. The van der Waals surface area contributed by atoms with E-state index in [2.05, 4.69) is 81.5 Å². The minimum Gasteiger partial charge on any atom is -0.462 e. The first-order chi connectivity index (χ1) is 37.5. The van der Waals surface area contributed by atoms with Crippen LogP contribution in [0.3, 0.4) is 0 Å². The first kappa shape index (κ1) is 73.1. The molecule has 0 aromatic rings. The summed E-state index contributed by atoms with van der Waals surface area (Å²) >= 11 is 0. The van der Waals surface area contributed by atoms with Crippen LogP contribution in [0, 0.1) is 0 Å². The third kappa shape index (κ3) is 62.0. The number of esters is 3. The maximum Gasteiger partial charge on any atom is 0.306 e. The summed E-state index contributed by atoms with van der Waals surface area (Å²) in [6.45, 7) is 6.54. The lowest BCUT2D eigenvalue weighted by Crippen LogP contribution is -2.30. The van der Waals surface area contributed by atoms with Crippen molar-refractivity contribution in [2.24, 2.45) is 0 Å². The van der Waals surface area contributed by atoms with Crippen molar-refractivity contribution >= 4 is 17.9 Å². The van der Waals surface area contributed by atoms with E-state index in [4.69, 9.17) is 14.2 Å². The van der Waals surface area contributed by atoms with Gasteiger partial charge in [0, 0.05) is 19.3 Å². The summed E-state index contributed by atoms with van der Waals surface area (Å²) in [6, 6.07) is 0. The van der Waals surface area contributed by atoms with E-state index < -0.39 is 6.10 Å². The second kappa shape index (κ2) is 64.6. The van der Waals surface area contributed by atoms with Gasteiger partial charge in [0.25, 0.3) is 0 Å². The molecule has 1 atom stereocenters. The average Bonchev–Trinajstić information content (AvgIpc) is 3.42. The normalized spacial score (nSPS) is 12.4. The van der Waals surface area contributed by atoms with Gasteiger partial charge in [-0.2, -0.15) is 0 Å². The predicted octanol–water partition coefficient (Wildman–Crippen LogP) is 22.7. The third-order valence-electron chi connectivity index (χ3n) is 14.8. The summed E-state index contributed by atoms with van der Waals surface area (Å²) in [5.74, 6) is -0.875. The summed E-state index contributed by atoms with van der Waals surface area (Å²) in [7, 11) is 0. The van der Waals surface area contributed by atoms with Crippen molar-refractivity contribution in [2.75, 3.05) is 13.2 Å². The van der Waals surface area contributed by atoms with Gasteiger partial charge in [-0.1, -0.05) is 306 Å². The van der Waals surface area contributed by atoms with Gasteiger partial charge in [-0.25, -0.2) is 0 Å². The van der Waals surface area contributed by atoms with Crippen LogP contribution in [-0.2, 0) is 28.6 Å². The fourth-order valence-corrected chi connectivity index (χ4v) is 9.79. The van der Waals surface area contributed by atoms with E-state index in [0.717, 1.165) is 96.3 Å². The van der Waals surface area contributed by atoms with Gasteiger partial charge in [-0.15, -0.1) is 0 Å². The highest BCUT2D eigenvalue weighted by atomic mass is 16.6. The van der Waals surface area contributed by atoms with Crippen LogP contribution < -0.4 is 0 Å². The van der Waals surface area contributed by atoms with Gasteiger partial charge in [0.05, 0.1) is 0 Å². The van der Waals surface area contributed by atoms with Gasteiger partial charge >= 0.3 is 17.9 Å². The van der Waals surface area contributed by atoms with Gasteiger partial charge in [-0.05, 0) is 83.5 Å². The zero-order chi connectivity index (χ0) is 55.0. The van der Waals surface area contributed by atoms with Gasteiger partial charge in [-0.3, -0.25) is 14.4 Å². The molecule has 0 bridgehead atoms. The van der Waals surface area contributed by atoms with Crippen LogP contribution in [0.2, 0.25) is 0 Å². The van der Waals surface area contributed by atoms with Crippen molar-refractivity contribution in [3.8, 4) is 0 Å². The number of hydrogen-bond acceptors (Lipinski definition) is 6.